The van der Waals surface area contributed by atoms with E-state index in [2.05, 4.69) is 21.2 Å². The van der Waals surface area contributed by atoms with E-state index < -0.39 is 0 Å². The standard InChI is InChI=1S/C15H17BrFNO/c16-14-7-12(17)3-4-13(14)15(19)18-8-11-6-9-1-2-10(11)5-9/h3-4,7,9-11H,1-2,5-6,8H2,(H,18,19). The summed E-state index contributed by atoms with van der Waals surface area (Å²) in [7, 11) is 0. The van der Waals surface area contributed by atoms with Crippen LogP contribution >= 0.6 is 15.9 Å². The third-order valence-electron chi connectivity index (χ3n) is 4.59. The zero-order chi connectivity index (χ0) is 13.4. The van der Waals surface area contributed by atoms with E-state index in [1.807, 2.05) is 0 Å². The van der Waals surface area contributed by atoms with Gasteiger partial charge in [0.05, 0.1) is 5.56 Å². The molecule has 0 aromatic heterocycles. The van der Waals surface area contributed by atoms with Crippen molar-refractivity contribution >= 4 is 21.8 Å². The fourth-order valence-electron chi connectivity index (χ4n) is 3.62. The van der Waals surface area contributed by atoms with Crippen molar-refractivity contribution in [2.24, 2.45) is 17.8 Å². The van der Waals surface area contributed by atoms with Crippen molar-refractivity contribution < 1.29 is 9.18 Å². The van der Waals surface area contributed by atoms with Crippen molar-refractivity contribution in [2.45, 2.75) is 25.7 Å². The molecule has 0 radical (unpaired) electrons. The Morgan fingerprint density at radius 2 is 2.21 bits per heavy atom. The zero-order valence-corrected chi connectivity index (χ0v) is 12.2. The van der Waals surface area contributed by atoms with Crippen LogP contribution in [0, 0.1) is 23.6 Å². The number of amides is 1. The first kappa shape index (κ1) is 13.1. The van der Waals surface area contributed by atoms with Crippen LogP contribution in [0.1, 0.15) is 36.0 Å². The van der Waals surface area contributed by atoms with E-state index in [0.29, 0.717) is 16.0 Å². The fraction of sp³-hybridized carbons (Fsp3) is 0.533. The summed E-state index contributed by atoms with van der Waals surface area (Å²) in [6.07, 6.45) is 5.31. The molecule has 0 aliphatic heterocycles. The Morgan fingerprint density at radius 1 is 1.37 bits per heavy atom. The van der Waals surface area contributed by atoms with E-state index >= 15 is 0 Å². The van der Waals surface area contributed by atoms with E-state index in [-0.39, 0.29) is 11.7 Å². The highest BCUT2D eigenvalue weighted by molar-refractivity contribution is 9.10. The molecule has 102 valence electrons. The Balaban J connectivity index is 1.59. The highest BCUT2D eigenvalue weighted by Gasteiger charge is 2.39. The van der Waals surface area contributed by atoms with Gasteiger partial charge >= 0.3 is 0 Å². The van der Waals surface area contributed by atoms with Gasteiger partial charge in [-0.05, 0) is 71.1 Å². The van der Waals surface area contributed by atoms with Gasteiger partial charge in [-0.15, -0.1) is 0 Å². The molecule has 0 heterocycles. The first-order chi connectivity index (χ1) is 9.13. The molecule has 2 fully saturated rings. The predicted octanol–water partition coefficient (Wildman–Crippen LogP) is 3.75. The van der Waals surface area contributed by atoms with Gasteiger partial charge in [-0.2, -0.15) is 0 Å². The van der Waals surface area contributed by atoms with Crippen molar-refractivity contribution in [2.75, 3.05) is 6.54 Å². The van der Waals surface area contributed by atoms with Gasteiger partial charge in [0.2, 0.25) is 0 Å². The summed E-state index contributed by atoms with van der Waals surface area (Å²) in [6, 6.07) is 4.17. The first-order valence-electron chi connectivity index (χ1n) is 6.86. The number of carbonyl (C=O) groups excluding carboxylic acids is 1. The quantitative estimate of drug-likeness (QED) is 0.900. The third-order valence-corrected chi connectivity index (χ3v) is 5.24. The maximum atomic E-state index is 13.0. The highest BCUT2D eigenvalue weighted by atomic mass is 79.9. The number of hydrogen-bond acceptors (Lipinski definition) is 1. The number of rotatable bonds is 3. The average Bonchev–Trinajstić information content (AvgIpc) is 2.98. The lowest BCUT2D eigenvalue weighted by molar-refractivity contribution is 0.0941. The molecule has 3 atom stereocenters. The fourth-order valence-corrected chi connectivity index (χ4v) is 4.15. The summed E-state index contributed by atoms with van der Waals surface area (Å²) in [5.41, 5.74) is 0.504. The largest absolute Gasteiger partial charge is 0.352 e. The Morgan fingerprint density at radius 3 is 2.84 bits per heavy atom. The highest BCUT2D eigenvalue weighted by Crippen LogP contribution is 2.47. The van der Waals surface area contributed by atoms with Gasteiger partial charge in [-0.1, -0.05) is 6.42 Å². The second kappa shape index (κ2) is 5.23. The number of benzene rings is 1. The van der Waals surface area contributed by atoms with E-state index in [4.69, 9.17) is 0 Å². The van der Waals surface area contributed by atoms with Gasteiger partial charge in [0.15, 0.2) is 0 Å². The number of nitrogens with one attached hydrogen (secondary N) is 1. The van der Waals surface area contributed by atoms with Crippen LogP contribution in [0.15, 0.2) is 22.7 Å². The molecular formula is C15H17BrFNO. The molecule has 4 heteroatoms. The normalized spacial score (nSPS) is 28.6. The van der Waals surface area contributed by atoms with E-state index in [9.17, 15) is 9.18 Å². The lowest BCUT2D eigenvalue weighted by atomic mass is 9.89. The third kappa shape index (κ3) is 2.69. The van der Waals surface area contributed by atoms with Gasteiger partial charge in [0.25, 0.3) is 5.91 Å². The molecule has 3 rings (SSSR count). The molecule has 1 aromatic carbocycles. The SMILES string of the molecule is O=C(NCC1CC2CCC1C2)c1ccc(F)cc1Br. The zero-order valence-electron chi connectivity index (χ0n) is 10.7. The Hall–Kier alpha value is -0.900. The van der Waals surface area contributed by atoms with Crippen LogP contribution < -0.4 is 5.32 Å². The Bertz CT molecular complexity index is 505. The number of carbonyl (C=O) groups is 1. The van der Waals surface area contributed by atoms with Gasteiger partial charge < -0.3 is 5.32 Å². The van der Waals surface area contributed by atoms with E-state index in [1.54, 1.807) is 0 Å². The minimum atomic E-state index is -0.337. The average molecular weight is 326 g/mol. The van der Waals surface area contributed by atoms with E-state index in [1.165, 1.54) is 43.9 Å². The molecule has 2 nitrogen and oxygen atoms in total. The van der Waals surface area contributed by atoms with Crippen LogP contribution in [-0.2, 0) is 0 Å². The molecule has 2 bridgehead atoms. The van der Waals surface area contributed by atoms with Crippen molar-refractivity contribution in [1.82, 2.24) is 5.32 Å². The molecule has 0 saturated heterocycles. The molecule has 3 unspecified atom stereocenters. The molecule has 2 aliphatic carbocycles. The number of fused-ring (bicyclic) bond motifs is 2. The van der Waals surface area contributed by atoms with Crippen LogP contribution in [0.5, 0.6) is 0 Å². The molecule has 0 spiro atoms. The second-order valence-electron chi connectivity index (χ2n) is 5.77. The molecule has 2 saturated carbocycles. The molecule has 2 aliphatic rings. The van der Waals surface area contributed by atoms with Crippen LogP contribution in [0.2, 0.25) is 0 Å². The molecular weight excluding hydrogens is 309 g/mol. The van der Waals surface area contributed by atoms with Gasteiger partial charge in [-0.3, -0.25) is 4.79 Å². The van der Waals surface area contributed by atoms with Crippen molar-refractivity contribution in [3.8, 4) is 0 Å². The van der Waals surface area contributed by atoms with E-state index in [0.717, 1.165) is 18.4 Å². The summed E-state index contributed by atoms with van der Waals surface area (Å²) in [6.45, 7) is 0.754. The first-order valence-corrected chi connectivity index (χ1v) is 7.66. The maximum absolute atomic E-state index is 13.0. The molecule has 1 amide bonds. The lowest BCUT2D eigenvalue weighted by Gasteiger charge is -2.21. The van der Waals surface area contributed by atoms with Gasteiger partial charge in [0, 0.05) is 11.0 Å². The lowest BCUT2D eigenvalue weighted by Crippen LogP contribution is -2.31. The maximum Gasteiger partial charge on any atom is 0.252 e. The predicted molar refractivity (Wildman–Crippen MR) is 75.4 cm³/mol. The summed E-state index contributed by atoms with van der Waals surface area (Å²) in [4.78, 5) is 12.1. The van der Waals surface area contributed by atoms with Crippen LogP contribution in [0.4, 0.5) is 4.39 Å². The molecule has 1 aromatic rings. The Kier molecular flexibility index (Phi) is 3.61. The Labute approximate surface area is 120 Å². The number of hydrogen-bond donors (Lipinski definition) is 1. The summed E-state index contributed by atoms with van der Waals surface area (Å²) in [5.74, 6) is 1.89. The summed E-state index contributed by atoms with van der Waals surface area (Å²) in [5, 5.41) is 2.99. The van der Waals surface area contributed by atoms with Crippen molar-refractivity contribution in [3.63, 3.8) is 0 Å². The topological polar surface area (TPSA) is 29.1 Å². The molecule has 1 N–H and O–H groups in total. The minimum Gasteiger partial charge on any atom is -0.352 e. The van der Waals surface area contributed by atoms with Crippen LogP contribution in [0.3, 0.4) is 0 Å². The van der Waals surface area contributed by atoms with Crippen LogP contribution in [-0.4, -0.2) is 12.5 Å². The monoisotopic (exact) mass is 325 g/mol. The number of halogens is 2. The summed E-state index contributed by atoms with van der Waals surface area (Å²) >= 11 is 3.23. The molecule has 19 heavy (non-hydrogen) atoms. The smallest absolute Gasteiger partial charge is 0.252 e. The van der Waals surface area contributed by atoms with Gasteiger partial charge in [-0.25, -0.2) is 4.39 Å². The summed E-state index contributed by atoms with van der Waals surface area (Å²) < 4.78 is 13.5. The van der Waals surface area contributed by atoms with Crippen molar-refractivity contribution in [3.05, 3.63) is 34.1 Å². The van der Waals surface area contributed by atoms with Crippen LogP contribution in [0.25, 0.3) is 0 Å². The minimum absolute atomic E-state index is 0.116. The van der Waals surface area contributed by atoms with Gasteiger partial charge in [0.1, 0.15) is 5.82 Å². The van der Waals surface area contributed by atoms with Crippen molar-refractivity contribution in [1.29, 1.82) is 0 Å². The second-order valence-corrected chi connectivity index (χ2v) is 6.62.